The quantitative estimate of drug-likeness (QED) is 0.462. The summed E-state index contributed by atoms with van der Waals surface area (Å²) >= 11 is 0. The first-order chi connectivity index (χ1) is 10.4. The molecule has 0 heterocycles. The number of hydrogen-bond acceptors (Lipinski definition) is 2. The van der Waals surface area contributed by atoms with Gasteiger partial charge in [-0.2, -0.15) is 0 Å². The Morgan fingerprint density at radius 1 is 0.500 bits per heavy atom. The van der Waals surface area contributed by atoms with E-state index in [0.717, 1.165) is 13.2 Å². The maximum Gasteiger partial charge on any atom is 0.184 e. The maximum absolute atomic E-state index is 6.32. The number of hydrogen-bond donors (Lipinski definition) is 0. The van der Waals surface area contributed by atoms with Crippen LogP contribution >= 0.6 is 0 Å². The van der Waals surface area contributed by atoms with Gasteiger partial charge in [0.2, 0.25) is 0 Å². The van der Waals surface area contributed by atoms with E-state index in [1.54, 1.807) is 10.4 Å². The summed E-state index contributed by atoms with van der Waals surface area (Å²) in [5.74, 6) is 0. The molecule has 0 fully saturated rings. The summed E-state index contributed by atoms with van der Waals surface area (Å²) in [6, 6.07) is 0. The fourth-order valence-corrected chi connectivity index (χ4v) is 10.6. The molecule has 0 amide bonds. The van der Waals surface area contributed by atoms with E-state index in [9.17, 15) is 0 Å². The Labute approximate surface area is 155 Å². The molecule has 2 nitrogen and oxygen atoms in total. The molecule has 140 valence electrons. The van der Waals surface area contributed by atoms with Crippen molar-refractivity contribution in [2.75, 3.05) is 13.2 Å². The van der Waals surface area contributed by atoms with E-state index in [2.05, 4.69) is 78.6 Å². The van der Waals surface area contributed by atoms with Crippen LogP contribution in [0.3, 0.4) is 0 Å². The minimum Gasteiger partial charge on any atom is -0.413 e. The van der Waals surface area contributed by atoms with Gasteiger partial charge in [-0.05, 0) is 50.4 Å². The van der Waals surface area contributed by atoms with E-state index < -0.39 is 32.8 Å². The zero-order valence-electron chi connectivity index (χ0n) is 18.2. The molecule has 0 radical (unpaired) electrons. The van der Waals surface area contributed by atoms with Crippen LogP contribution in [0.5, 0.6) is 0 Å². The van der Waals surface area contributed by atoms with E-state index in [-0.39, 0.29) is 0 Å². The van der Waals surface area contributed by atoms with Gasteiger partial charge in [0.25, 0.3) is 0 Å². The summed E-state index contributed by atoms with van der Waals surface area (Å²) in [7, 11) is -5.77. The summed E-state index contributed by atoms with van der Waals surface area (Å²) in [5.41, 5.74) is 3.01. The van der Waals surface area contributed by atoms with Crippen molar-refractivity contribution in [2.45, 2.75) is 78.6 Å². The lowest BCUT2D eigenvalue weighted by molar-refractivity contribution is 0.328. The monoisotopic (exact) mass is 400 g/mol. The fourth-order valence-electron chi connectivity index (χ4n) is 3.09. The van der Waals surface area contributed by atoms with Crippen molar-refractivity contribution in [3.8, 4) is 0 Å². The van der Waals surface area contributed by atoms with Gasteiger partial charge in [0.15, 0.2) is 16.6 Å². The van der Waals surface area contributed by atoms with Crippen molar-refractivity contribution in [3.63, 3.8) is 0 Å². The molecule has 24 heavy (non-hydrogen) atoms. The first kappa shape index (κ1) is 22.3. The van der Waals surface area contributed by atoms with Crippen LogP contribution < -0.4 is 0 Å². The van der Waals surface area contributed by atoms with Gasteiger partial charge >= 0.3 is 0 Å². The molecule has 0 bridgehead atoms. The zero-order valence-corrected chi connectivity index (χ0v) is 22.2. The molecule has 0 aromatic rings. The second kappa shape index (κ2) is 7.12. The van der Waals surface area contributed by atoms with Crippen LogP contribution in [0.1, 0.15) is 0 Å². The van der Waals surface area contributed by atoms with Crippen LogP contribution in [0.4, 0.5) is 0 Å². The molecule has 0 saturated heterocycles. The van der Waals surface area contributed by atoms with Crippen LogP contribution in [0.15, 0.2) is 21.5 Å². The van der Waals surface area contributed by atoms with Gasteiger partial charge in [-0.3, -0.25) is 0 Å². The van der Waals surface area contributed by atoms with E-state index in [0.29, 0.717) is 0 Å². The van der Waals surface area contributed by atoms with E-state index in [1.165, 1.54) is 11.1 Å². The van der Waals surface area contributed by atoms with Crippen LogP contribution in [-0.2, 0) is 8.85 Å². The van der Waals surface area contributed by atoms with E-state index in [4.69, 9.17) is 8.85 Å². The molecule has 0 saturated carbocycles. The first-order valence-electron chi connectivity index (χ1n) is 9.19. The lowest BCUT2D eigenvalue weighted by Crippen LogP contribution is -2.44. The minimum atomic E-state index is -1.51. The van der Waals surface area contributed by atoms with Gasteiger partial charge in [-0.15, -0.1) is 0 Å². The lowest BCUT2D eigenvalue weighted by atomic mass is 9.98. The molecular formula is C18H40O2Si4. The number of rotatable bonds is 8. The highest BCUT2D eigenvalue weighted by Crippen LogP contribution is 2.45. The Balaban J connectivity index is 3.23. The van der Waals surface area contributed by atoms with E-state index >= 15 is 0 Å². The highest BCUT2D eigenvalue weighted by molar-refractivity contribution is 6.91. The maximum atomic E-state index is 6.32. The Bertz CT molecular complexity index is 487. The predicted octanol–water partition coefficient (Wildman–Crippen LogP) is 6.05. The Hall–Kier alpha value is 0.268. The van der Waals surface area contributed by atoms with Crippen molar-refractivity contribution in [2.24, 2.45) is 0 Å². The van der Waals surface area contributed by atoms with Crippen molar-refractivity contribution in [1.29, 1.82) is 0 Å². The first-order valence-corrected chi connectivity index (χ1v) is 23.0. The van der Waals surface area contributed by atoms with Crippen LogP contribution in [0, 0.1) is 0 Å². The average molecular weight is 401 g/mol. The molecular weight excluding hydrogens is 361 g/mol. The Kier molecular flexibility index (Phi) is 6.61. The molecule has 0 aromatic carbocycles. The summed E-state index contributed by atoms with van der Waals surface area (Å²) in [6.07, 6.45) is 0. The van der Waals surface area contributed by atoms with Gasteiger partial charge < -0.3 is 8.85 Å². The molecule has 0 spiro atoms. The Morgan fingerprint density at radius 3 is 0.917 bits per heavy atom. The van der Waals surface area contributed by atoms with Crippen molar-refractivity contribution in [1.82, 2.24) is 0 Å². The molecule has 1 aliphatic rings. The highest BCUT2D eigenvalue weighted by Gasteiger charge is 2.42. The molecule has 0 unspecified atom stereocenters. The highest BCUT2D eigenvalue weighted by atomic mass is 28.4. The van der Waals surface area contributed by atoms with E-state index in [1.807, 2.05) is 0 Å². The molecule has 1 aliphatic carbocycles. The summed E-state index contributed by atoms with van der Waals surface area (Å²) < 4.78 is 12.6. The Morgan fingerprint density at radius 2 is 0.750 bits per heavy atom. The van der Waals surface area contributed by atoms with Crippen LogP contribution in [0.2, 0.25) is 78.6 Å². The second-order valence-corrected chi connectivity index (χ2v) is 30.0. The summed E-state index contributed by atoms with van der Waals surface area (Å²) in [5, 5.41) is 3.41. The van der Waals surface area contributed by atoms with Crippen molar-refractivity contribution in [3.05, 3.63) is 21.5 Å². The second-order valence-electron chi connectivity index (χ2n) is 11.0. The topological polar surface area (TPSA) is 18.5 Å². The largest absolute Gasteiger partial charge is 0.413 e. The third kappa shape index (κ3) is 6.21. The predicted molar refractivity (Wildman–Crippen MR) is 119 cm³/mol. The van der Waals surface area contributed by atoms with Crippen molar-refractivity contribution >= 4 is 32.8 Å². The molecule has 0 N–H and O–H groups in total. The minimum absolute atomic E-state index is 0.799. The molecule has 6 heteroatoms. The van der Waals surface area contributed by atoms with Gasteiger partial charge in [-0.1, -0.05) is 49.7 Å². The van der Waals surface area contributed by atoms with Crippen LogP contribution in [-0.4, -0.2) is 46.0 Å². The van der Waals surface area contributed by atoms with Gasteiger partial charge in [0.1, 0.15) is 0 Å². The summed E-state index contributed by atoms with van der Waals surface area (Å²) in [6.45, 7) is 30.2. The zero-order chi connectivity index (χ0) is 19.1. The molecule has 0 aromatic heterocycles. The molecule has 0 aliphatic heterocycles. The van der Waals surface area contributed by atoms with Gasteiger partial charge in [0.05, 0.1) is 29.4 Å². The molecule has 0 atom stereocenters. The normalized spacial score (nSPS) is 17.5. The average Bonchev–Trinajstić information content (AvgIpc) is 2.19. The third-order valence-electron chi connectivity index (χ3n) is 4.02. The fraction of sp³-hybridized carbons (Fsp3) is 0.778. The molecule has 1 rings (SSSR count). The standard InChI is InChI=1S/C18H40O2Si4/c1-21(2,3)17-15(13-19-23(7,8)9)16(14-20-24(10,11)12)18(17)22(4,5)6/h13-14H2,1-12H3. The van der Waals surface area contributed by atoms with Gasteiger partial charge in [-0.25, -0.2) is 0 Å². The SMILES string of the molecule is C[Si](C)(C)OCC1=C(CO[Si](C)(C)C)C([Si](C)(C)C)=C1[Si](C)(C)C. The smallest absolute Gasteiger partial charge is 0.184 e. The van der Waals surface area contributed by atoms with Crippen LogP contribution in [0.25, 0.3) is 0 Å². The van der Waals surface area contributed by atoms with Crippen molar-refractivity contribution < 1.29 is 8.85 Å². The third-order valence-corrected chi connectivity index (χ3v) is 10.4. The summed E-state index contributed by atoms with van der Waals surface area (Å²) in [4.78, 5) is 0. The lowest BCUT2D eigenvalue weighted by Gasteiger charge is -2.44. The van der Waals surface area contributed by atoms with Gasteiger partial charge in [0, 0.05) is 0 Å².